The lowest BCUT2D eigenvalue weighted by Gasteiger charge is -2.33. The normalized spacial score (nSPS) is 22.1. The summed E-state index contributed by atoms with van der Waals surface area (Å²) in [5, 5.41) is 3.37. The Kier molecular flexibility index (Phi) is 7.05. The Morgan fingerprint density at radius 2 is 2.19 bits per heavy atom. The van der Waals surface area contributed by atoms with Gasteiger partial charge in [-0.2, -0.15) is 0 Å². The van der Waals surface area contributed by atoms with Crippen molar-refractivity contribution in [1.82, 2.24) is 24.7 Å². The van der Waals surface area contributed by atoms with Crippen LogP contribution >= 0.6 is 0 Å². The number of rotatable bonds is 7. The number of nitrogens with zero attached hydrogens (tertiary/aromatic N) is 4. The zero-order valence-electron chi connectivity index (χ0n) is 16.2. The number of hydrogen-bond donors (Lipinski definition) is 1. The third-order valence-corrected chi connectivity index (χ3v) is 5.38. The first-order valence-electron chi connectivity index (χ1n) is 9.88. The minimum atomic E-state index is 0.171. The topological polar surface area (TPSA) is 62.6 Å². The molecule has 1 N–H and O–H groups in total. The maximum atomic E-state index is 12.5. The van der Waals surface area contributed by atoms with Crippen LogP contribution in [0.2, 0.25) is 0 Å². The van der Waals surface area contributed by atoms with Gasteiger partial charge in [-0.05, 0) is 39.9 Å². The molecule has 26 heavy (non-hydrogen) atoms. The highest BCUT2D eigenvalue weighted by molar-refractivity contribution is 5.77. The summed E-state index contributed by atoms with van der Waals surface area (Å²) in [5.74, 6) is 1.91. The lowest BCUT2D eigenvalue weighted by atomic mass is 9.95. The van der Waals surface area contributed by atoms with Crippen molar-refractivity contribution >= 4 is 5.91 Å². The van der Waals surface area contributed by atoms with Gasteiger partial charge in [0.05, 0.1) is 13.2 Å². The van der Waals surface area contributed by atoms with Crippen LogP contribution in [-0.2, 0) is 16.1 Å². The van der Waals surface area contributed by atoms with Crippen LogP contribution in [0.5, 0.6) is 0 Å². The second kappa shape index (κ2) is 9.48. The molecule has 0 aromatic carbocycles. The highest BCUT2D eigenvalue weighted by Crippen LogP contribution is 2.27. The molecule has 0 unspecified atom stereocenters. The van der Waals surface area contributed by atoms with Crippen molar-refractivity contribution in [1.29, 1.82) is 0 Å². The zero-order valence-corrected chi connectivity index (χ0v) is 16.2. The number of aryl methyl sites for hydroxylation is 1. The Morgan fingerprint density at radius 3 is 2.88 bits per heavy atom. The van der Waals surface area contributed by atoms with Gasteiger partial charge >= 0.3 is 0 Å². The maximum Gasteiger partial charge on any atom is 0.224 e. The number of amides is 1. The van der Waals surface area contributed by atoms with Crippen LogP contribution in [0.4, 0.5) is 0 Å². The summed E-state index contributed by atoms with van der Waals surface area (Å²) in [5.41, 5.74) is 0. The van der Waals surface area contributed by atoms with E-state index in [1.165, 1.54) is 5.82 Å². The molecule has 0 aliphatic carbocycles. The fraction of sp³-hybridized carbons (Fsp3) is 0.789. The Balaban J connectivity index is 1.46. The molecular weight excluding hydrogens is 330 g/mol. The second-order valence-corrected chi connectivity index (χ2v) is 7.72. The standard InChI is InChI=1S/C19H33N5O2/c1-22(2)8-3-9-24-12-6-21-19(24)16-4-10-23(11-5-16)18(25)14-17-15-26-13-7-20-17/h6,12,16-17,20H,3-5,7-11,13-15H2,1-2H3/t17-/m0/s1. The van der Waals surface area contributed by atoms with Gasteiger partial charge in [0, 0.05) is 57.0 Å². The van der Waals surface area contributed by atoms with Crippen molar-refractivity contribution in [2.75, 3.05) is 53.5 Å². The molecule has 2 aliphatic heterocycles. The quantitative estimate of drug-likeness (QED) is 0.781. The van der Waals surface area contributed by atoms with E-state index < -0.39 is 0 Å². The number of piperidine rings is 1. The van der Waals surface area contributed by atoms with E-state index >= 15 is 0 Å². The van der Waals surface area contributed by atoms with Gasteiger partial charge in [-0.3, -0.25) is 4.79 Å². The highest BCUT2D eigenvalue weighted by atomic mass is 16.5. The van der Waals surface area contributed by atoms with Crippen molar-refractivity contribution in [3.63, 3.8) is 0 Å². The van der Waals surface area contributed by atoms with Gasteiger partial charge in [0.15, 0.2) is 0 Å². The highest BCUT2D eigenvalue weighted by Gasteiger charge is 2.28. The van der Waals surface area contributed by atoms with Crippen LogP contribution in [0.3, 0.4) is 0 Å². The van der Waals surface area contributed by atoms with Crippen LogP contribution in [0, 0.1) is 0 Å². The number of aromatic nitrogens is 2. The van der Waals surface area contributed by atoms with Gasteiger partial charge in [0.2, 0.25) is 5.91 Å². The molecule has 0 radical (unpaired) electrons. The molecule has 1 atom stereocenters. The van der Waals surface area contributed by atoms with Crippen LogP contribution in [0.15, 0.2) is 12.4 Å². The van der Waals surface area contributed by atoms with E-state index in [-0.39, 0.29) is 11.9 Å². The Bertz CT molecular complexity index is 560. The van der Waals surface area contributed by atoms with E-state index in [4.69, 9.17) is 4.74 Å². The smallest absolute Gasteiger partial charge is 0.224 e. The van der Waals surface area contributed by atoms with Gasteiger partial charge < -0.3 is 24.4 Å². The summed E-state index contributed by atoms with van der Waals surface area (Å²) in [6.45, 7) is 6.01. The minimum Gasteiger partial charge on any atom is -0.378 e. The Hall–Kier alpha value is -1.44. The average Bonchev–Trinajstić information content (AvgIpc) is 3.11. The fourth-order valence-corrected chi connectivity index (χ4v) is 3.90. The van der Waals surface area contributed by atoms with E-state index in [0.29, 0.717) is 18.9 Å². The molecule has 2 fully saturated rings. The fourth-order valence-electron chi connectivity index (χ4n) is 3.90. The molecule has 7 heteroatoms. The van der Waals surface area contributed by atoms with Crippen molar-refractivity contribution in [2.45, 2.75) is 44.2 Å². The van der Waals surface area contributed by atoms with Gasteiger partial charge in [0.1, 0.15) is 5.82 Å². The predicted molar refractivity (Wildman–Crippen MR) is 101 cm³/mol. The second-order valence-electron chi connectivity index (χ2n) is 7.72. The van der Waals surface area contributed by atoms with Crippen molar-refractivity contribution in [3.05, 3.63) is 18.2 Å². The van der Waals surface area contributed by atoms with Crippen molar-refractivity contribution in [3.8, 4) is 0 Å². The summed E-state index contributed by atoms with van der Waals surface area (Å²) in [7, 11) is 4.22. The van der Waals surface area contributed by atoms with Crippen LogP contribution < -0.4 is 5.32 Å². The van der Waals surface area contributed by atoms with Gasteiger partial charge in [-0.1, -0.05) is 0 Å². The number of imidazole rings is 1. The van der Waals surface area contributed by atoms with E-state index in [2.05, 4.69) is 40.1 Å². The number of morpholine rings is 1. The van der Waals surface area contributed by atoms with E-state index in [9.17, 15) is 4.79 Å². The molecule has 0 bridgehead atoms. The Morgan fingerprint density at radius 1 is 1.38 bits per heavy atom. The molecule has 3 heterocycles. The largest absolute Gasteiger partial charge is 0.378 e. The molecule has 1 aromatic rings. The van der Waals surface area contributed by atoms with Crippen molar-refractivity contribution < 1.29 is 9.53 Å². The van der Waals surface area contributed by atoms with E-state index in [1.807, 2.05) is 11.1 Å². The lowest BCUT2D eigenvalue weighted by molar-refractivity contribution is -0.133. The lowest BCUT2D eigenvalue weighted by Crippen LogP contribution is -2.46. The Labute approximate surface area is 156 Å². The summed E-state index contributed by atoms with van der Waals surface area (Å²) in [4.78, 5) is 21.4. The summed E-state index contributed by atoms with van der Waals surface area (Å²) in [6, 6.07) is 0.171. The molecule has 1 amide bonds. The SMILES string of the molecule is CN(C)CCCn1ccnc1C1CCN(C(=O)C[C@H]2COCCN2)CC1. The third kappa shape index (κ3) is 5.28. The first kappa shape index (κ1) is 19.3. The molecule has 146 valence electrons. The minimum absolute atomic E-state index is 0.171. The molecule has 3 rings (SSSR count). The maximum absolute atomic E-state index is 12.5. The number of carbonyl (C=O) groups excluding carboxylic acids is 1. The molecule has 0 saturated carbocycles. The monoisotopic (exact) mass is 363 g/mol. The average molecular weight is 364 g/mol. The molecule has 1 aromatic heterocycles. The molecule has 2 saturated heterocycles. The molecular formula is C19H33N5O2. The van der Waals surface area contributed by atoms with Crippen LogP contribution in [-0.4, -0.2) is 84.8 Å². The molecule has 2 aliphatic rings. The summed E-state index contributed by atoms with van der Waals surface area (Å²) >= 11 is 0. The third-order valence-electron chi connectivity index (χ3n) is 5.38. The number of hydrogen-bond acceptors (Lipinski definition) is 5. The van der Waals surface area contributed by atoms with Gasteiger partial charge in [-0.25, -0.2) is 4.98 Å². The van der Waals surface area contributed by atoms with E-state index in [1.54, 1.807) is 0 Å². The summed E-state index contributed by atoms with van der Waals surface area (Å²) < 4.78 is 7.75. The number of carbonyl (C=O) groups is 1. The van der Waals surface area contributed by atoms with Gasteiger partial charge in [-0.15, -0.1) is 0 Å². The van der Waals surface area contributed by atoms with Gasteiger partial charge in [0.25, 0.3) is 0 Å². The van der Waals surface area contributed by atoms with Crippen molar-refractivity contribution in [2.24, 2.45) is 0 Å². The molecule has 7 nitrogen and oxygen atoms in total. The van der Waals surface area contributed by atoms with Crippen LogP contribution in [0.1, 0.15) is 37.4 Å². The number of likely N-dealkylation sites (tertiary alicyclic amines) is 1. The first-order valence-corrected chi connectivity index (χ1v) is 9.88. The zero-order chi connectivity index (χ0) is 18.4. The van der Waals surface area contributed by atoms with Crippen LogP contribution in [0.25, 0.3) is 0 Å². The van der Waals surface area contributed by atoms with E-state index in [0.717, 1.165) is 58.6 Å². The predicted octanol–water partition coefficient (Wildman–Crippen LogP) is 0.919. The molecule has 0 spiro atoms. The number of nitrogens with one attached hydrogen (secondary N) is 1. The summed E-state index contributed by atoms with van der Waals surface area (Å²) in [6.07, 6.45) is 7.69. The first-order chi connectivity index (χ1) is 12.6. The number of ether oxygens (including phenoxy) is 1.